The molecule has 4 nitrogen and oxygen atoms in total. The molecule has 31 heavy (non-hydrogen) atoms. The first-order valence-corrected chi connectivity index (χ1v) is 11.4. The standard InChI is InChI=1S/C25H32Cl2N2O2/c1-6-23(25(31)28-14-16(2)3)29(15-20-9-10-21(26)22(27)12-20)24(30)13-19-8-7-17(4)18(5)11-19/h7-12,16,23H,6,13-15H2,1-5H3,(H,28,31). The molecule has 0 radical (unpaired) electrons. The average Bonchev–Trinajstić information content (AvgIpc) is 2.71. The molecule has 6 heteroatoms. The second-order valence-electron chi connectivity index (χ2n) is 8.43. The zero-order valence-corrected chi connectivity index (χ0v) is 20.5. The van der Waals surface area contributed by atoms with Gasteiger partial charge in [-0.2, -0.15) is 0 Å². The van der Waals surface area contributed by atoms with Gasteiger partial charge in [0.15, 0.2) is 0 Å². The molecule has 1 atom stereocenters. The molecule has 2 aromatic rings. The predicted octanol–water partition coefficient (Wildman–Crippen LogP) is 5.73. The van der Waals surface area contributed by atoms with E-state index in [0.717, 1.165) is 16.7 Å². The van der Waals surface area contributed by atoms with Crippen molar-refractivity contribution in [3.63, 3.8) is 0 Å². The van der Waals surface area contributed by atoms with Gasteiger partial charge in [0.05, 0.1) is 16.5 Å². The van der Waals surface area contributed by atoms with Crippen LogP contribution in [0, 0.1) is 19.8 Å². The fourth-order valence-corrected chi connectivity index (χ4v) is 3.69. The summed E-state index contributed by atoms with van der Waals surface area (Å²) in [7, 11) is 0. The number of halogens is 2. The zero-order chi connectivity index (χ0) is 23.1. The van der Waals surface area contributed by atoms with E-state index in [2.05, 4.69) is 5.32 Å². The molecule has 0 fully saturated rings. The summed E-state index contributed by atoms with van der Waals surface area (Å²) in [4.78, 5) is 28.0. The highest BCUT2D eigenvalue weighted by atomic mass is 35.5. The molecular formula is C25H32Cl2N2O2. The van der Waals surface area contributed by atoms with E-state index in [4.69, 9.17) is 23.2 Å². The molecule has 0 aliphatic heterocycles. The van der Waals surface area contributed by atoms with Crippen molar-refractivity contribution in [3.8, 4) is 0 Å². The third-order valence-corrected chi connectivity index (χ3v) is 6.07. The average molecular weight is 463 g/mol. The van der Waals surface area contributed by atoms with E-state index in [9.17, 15) is 9.59 Å². The minimum Gasteiger partial charge on any atom is -0.354 e. The highest BCUT2D eigenvalue weighted by Gasteiger charge is 2.28. The number of nitrogens with zero attached hydrogens (tertiary/aromatic N) is 1. The topological polar surface area (TPSA) is 49.4 Å². The van der Waals surface area contributed by atoms with Gasteiger partial charge in [-0.25, -0.2) is 0 Å². The number of carbonyl (C=O) groups excluding carboxylic acids is 2. The number of nitrogens with one attached hydrogen (secondary N) is 1. The molecule has 0 aliphatic rings. The lowest BCUT2D eigenvalue weighted by Gasteiger charge is -2.31. The van der Waals surface area contributed by atoms with E-state index in [1.54, 1.807) is 17.0 Å². The van der Waals surface area contributed by atoms with Gasteiger partial charge in [0.1, 0.15) is 6.04 Å². The summed E-state index contributed by atoms with van der Waals surface area (Å²) in [5, 5.41) is 3.86. The van der Waals surface area contributed by atoms with Gasteiger partial charge in [0.2, 0.25) is 11.8 Å². The molecule has 2 amide bonds. The first-order chi connectivity index (χ1) is 14.6. The normalized spacial score (nSPS) is 12.0. The molecule has 0 aromatic heterocycles. The monoisotopic (exact) mass is 462 g/mol. The second-order valence-corrected chi connectivity index (χ2v) is 9.24. The SMILES string of the molecule is CCC(C(=O)NCC(C)C)N(Cc1ccc(Cl)c(Cl)c1)C(=O)Cc1ccc(C)c(C)c1. The highest BCUT2D eigenvalue weighted by molar-refractivity contribution is 6.42. The summed E-state index contributed by atoms with van der Waals surface area (Å²) in [6.45, 7) is 10.9. The van der Waals surface area contributed by atoms with Crippen molar-refractivity contribution in [1.82, 2.24) is 10.2 Å². The fraction of sp³-hybridized carbons (Fsp3) is 0.440. The van der Waals surface area contributed by atoms with Gasteiger partial charge in [0, 0.05) is 13.1 Å². The molecule has 0 saturated heterocycles. The Balaban J connectivity index is 2.31. The lowest BCUT2D eigenvalue weighted by Crippen LogP contribution is -2.50. The third-order valence-electron chi connectivity index (χ3n) is 5.33. The summed E-state index contributed by atoms with van der Waals surface area (Å²) in [5.74, 6) is 0.0989. The van der Waals surface area contributed by atoms with Crippen LogP contribution in [0.15, 0.2) is 36.4 Å². The Morgan fingerprint density at radius 3 is 2.23 bits per heavy atom. The molecule has 0 heterocycles. The van der Waals surface area contributed by atoms with Crippen molar-refractivity contribution in [2.24, 2.45) is 5.92 Å². The molecule has 0 saturated carbocycles. The molecule has 1 N–H and O–H groups in total. The molecule has 168 valence electrons. The predicted molar refractivity (Wildman–Crippen MR) is 129 cm³/mol. The van der Waals surface area contributed by atoms with E-state index < -0.39 is 6.04 Å². The largest absolute Gasteiger partial charge is 0.354 e. The van der Waals surface area contributed by atoms with Crippen molar-refractivity contribution in [2.75, 3.05) is 6.54 Å². The van der Waals surface area contributed by atoms with Crippen LogP contribution in [0.4, 0.5) is 0 Å². The molecule has 1 unspecified atom stereocenters. The van der Waals surface area contributed by atoms with Crippen molar-refractivity contribution in [1.29, 1.82) is 0 Å². The van der Waals surface area contributed by atoms with E-state index in [1.807, 2.05) is 58.9 Å². The lowest BCUT2D eigenvalue weighted by molar-refractivity contribution is -0.141. The van der Waals surface area contributed by atoms with Gasteiger partial charge in [-0.1, -0.05) is 68.2 Å². The van der Waals surface area contributed by atoms with Crippen LogP contribution < -0.4 is 5.32 Å². The number of hydrogen-bond donors (Lipinski definition) is 1. The van der Waals surface area contributed by atoms with E-state index in [0.29, 0.717) is 28.9 Å². The summed E-state index contributed by atoms with van der Waals surface area (Å²) in [5.41, 5.74) is 4.09. The molecule has 2 rings (SSSR count). The fourth-order valence-electron chi connectivity index (χ4n) is 3.37. The summed E-state index contributed by atoms with van der Waals surface area (Å²) >= 11 is 12.2. The third kappa shape index (κ3) is 7.26. The van der Waals surface area contributed by atoms with Crippen LogP contribution >= 0.6 is 23.2 Å². The molecule has 0 spiro atoms. The van der Waals surface area contributed by atoms with Gasteiger partial charge < -0.3 is 10.2 Å². The Morgan fingerprint density at radius 2 is 1.65 bits per heavy atom. The Bertz CT molecular complexity index is 928. The van der Waals surface area contributed by atoms with Crippen LogP contribution in [0.2, 0.25) is 10.0 Å². The first kappa shape index (κ1) is 25.2. The Morgan fingerprint density at radius 1 is 0.968 bits per heavy atom. The van der Waals surface area contributed by atoms with Crippen LogP contribution in [-0.2, 0) is 22.6 Å². The maximum Gasteiger partial charge on any atom is 0.242 e. The zero-order valence-electron chi connectivity index (χ0n) is 19.0. The van der Waals surface area contributed by atoms with Crippen molar-refractivity contribution < 1.29 is 9.59 Å². The summed E-state index contributed by atoms with van der Waals surface area (Å²) in [6, 6.07) is 10.8. The Labute approximate surface area is 195 Å². The van der Waals surface area contributed by atoms with Gasteiger partial charge in [0.25, 0.3) is 0 Å². The van der Waals surface area contributed by atoms with Crippen LogP contribution in [-0.4, -0.2) is 29.3 Å². The van der Waals surface area contributed by atoms with Crippen molar-refractivity contribution in [3.05, 3.63) is 68.7 Å². The number of rotatable bonds is 9. The van der Waals surface area contributed by atoms with Gasteiger partial charge in [-0.3, -0.25) is 9.59 Å². The quantitative estimate of drug-likeness (QED) is 0.516. The summed E-state index contributed by atoms with van der Waals surface area (Å²) < 4.78 is 0. The van der Waals surface area contributed by atoms with Crippen molar-refractivity contribution in [2.45, 2.75) is 60.0 Å². The minimum atomic E-state index is -0.563. The van der Waals surface area contributed by atoms with Gasteiger partial charge in [-0.15, -0.1) is 0 Å². The van der Waals surface area contributed by atoms with Gasteiger partial charge in [-0.05, 0) is 60.6 Å². The van der Waals surface area contributed by atoms with Crippen LogP contribution in [0.3, 0.4) is 0 Å². The maximum absolute atomic E-state index is 13.4. The van der Waals surface area contributed by atoms with E-state index in [-0.39, 0.29) is 24.8 Å². The van der Waals surface area contributed by atoms with Crippen molar-refractivity contribution >= 4 is 35.0 Å². The smallest absolute Gasteiger partial charge is 0.242 e. The molecular weight excluding hydrogens is 431 g/mol. The Kier molecular flexibility index (Phi) is 9.39. The minimum absolute atomic E-state index is 0.0964. The molecule has 0 bridgehead atoms. The highest BCUT2D eigenvalue weighted by Crippen LogP contribution is 2.24. The number of aryl methyl sites for hydroxylation is 2. The number of benzene rings is 2. The number of amides is 2. The summed E-state index contributed by atoms with van der Waals surface area (Å²) in [6.07, 6.45) is 0.750. The van der Waals surface area contributed by atoms with Crippen LogP contribution in [0.5, 0.6) is 0 Å². The first-order valence-electron chi connectivity index (χ1n) is 10.7. The lowest BCUT2D eigenvalue weighted by atomic mass is 10.0. The Hall–Kier alpha value is -2.04. The maximum atomic E-state index is 13.4. The van der Waals surface area contributed by atoms with E-state index >= 15 is 0 Å². The van der Waals surface area contributed by atoms with Crippen LogP contribution in [0.25, 0.3) is 0 Å². The molecule has 0 aliphatic carbocycles. The van der Waals surface area contributed by atoms with Crippen LogP contribution in [0.1, 0.15) is 49.4 Å². The molecule has 2 aromatic carbocycles. The van der Waals surface area contributed by atoms with E-state index in [1.165, 1.54) is 5.56 Å². The van der Waals surface area contributed by atoms with Gasteiger partial charge >= 0.3 is 0 Å². The number of hydrogen-bond acceptors (Lipinski definition) is 2. The second kappa shape index (κ2) is 11.5. The number of carbonyl (C=O) groups is 2.